The maximum Gasteiger partial charge on any atom is 0.225 e. The van der Waals surface area contributed by atoms with E-state index in [0.29, 0.717) is 12.0 Å². The van der Waals surface area contributed by atoms with Gasteiger partial charge in [-0.05, 0) is 75.3 Å². The van der Waals surface area contributed by atoms with E-state index in [2.05, 4.69) is 77.4 Å². The Balaban J connectivity index is 1.14. The third kappa shape index (κ3) is 4.78. The molecule has 38 heavy (non-hydrogen) atoms. The molecule has 6 rings (SSSR count). The highest BCUT2D eigenvalue weighted by molar-refractivity contribution is 5.82. The van der Waals surface area contributed by atoms with Crippen LogP contribution in [0.25, 0.3) is 16.6 Å². The molecule has 1 saturated carbocycles. The molecule has 4 heterocycles. The molecule has 3 aromatic rings. The molecule has 1 aromatic carbocycles. The second kappa shape index (κ2) is 10.4. The van der Waals surface area contributed by atoms with E-state index in [1.165, 1.54) is 41.8 Å². The zero-order valence-corrected chi connectivity index (χ0v) is 22.6. The average Bonchev–Trinajstić information content (AvgIpc) is 3.37. The Bertz CT molecular complexity index is 1320. The number of hydrogen-bond donors (Lipinski definition) is 0. The first-order valence-corrected chi connectivity index (χ1v) is 14.3. The molecule has 1 amide bonds. The average molecular weight is 511 g/mol. The van der Waals surface area contributed by atoms with Crippen molar-refractivity contribution in [2.45, 2.75) is 51.5 Å². The van der Waals surface area contributed by atoms with Gasteiger partial charge < -0.3 is 14.7 Å². The molecule has 2 saturated heterocycles. The number of benzene rings is 1. The van der Waals surface area contributed by atoms with Crippen LogP contribution < -0.4 is 4.90 Å². The fourth-order valence-electron chi connectivity index (χ4n) is 6.47. The number of nitriles is 1. The molecule has 0 spiro atoms. The minimum Gasteiger partial charge on any atom is -0.366 e. The van der Waals surface area contributed by atoms with Crippen molar-refractivity contribution in [3.8, 4) is 17.2 Å². The number of amides is 1. The number of aromatic nitrogens is 2. The van der Waals surface area contributed by atoms with E-state index >= 15 is 0 Å². The summed E-state index contributed by atoms with van der Waals surface area (Å²) in [5.74, 6) is 0.960. The van der Waals surface area contributed by atoms with Crippen LogP contribution in [0.2, 0.25) is 0 Å². The number of rotatable bonds is 5. The summed E-state index contributed by atoms with van der Waals surface area (Å²) in [6, 6.07) is 16.4. The number of piperidine rings is 1. The number of fused-ring (bicyclic) bond motifs is 1. The molecule has 198 valence electrons. The standard InChI is InChI=1S/C31H38N6O/c1-22(2)36-11-3-4-26(20-36)24-5-7-25(8-6-24)28-18-30-29(9-10-33-37(30)21-28)34-12-14-35(15-13-34)31(38)27-16-23(17-27)19-32/h5-10,18,21-23,26-27H,3-4,11-17,20H2,1-2H3/t23-,26-,27-/m1/s1. The van der Waals surface area contributed by atoms with E-state index in [9.17, 15) is 4.79 Å². The van der Waals surface area contributed by atoms with Crippen LogP contribution in [0.3, 0.4) is 0 Å². The molecular formula is C31H38N6O. The van der Waals surface area contributed by atoms with Crippen LogP contribution in [0.1, 0.15) is 51.0 Å². The Kier molecular flexibility index (Phi) is 6.84. The van der Waals surface area contributed by atoms with Gasteiger partial charge in [0.2, 0.25) is 5.91 Å². The van der Waals surface area contributed by atoms with Crippen molar-refractivity contribution in [1.29, 1.82) is 5.26 Å². The highest BCUT2D eigenvalue weighted by atomic mass is 16.2. The molecule has 7 nitrogen and oxygen atoms in total. The van der Waals surface area contributed by atoms with Crippen LogP contribution in [-0.4, -0.2) is 70.6 Å². The van der Waals surface area contributed by atoms with Gasteiger partial charge in [0.05, 0.1) is 17.3 Å². The van der Waals surface area contributed by atoms with E-state index in [4.69, 9.17) is 5.26 Å². The lowest BCUT2D eigenvalue weighted by molar-refractivity contribution is -0.139. The number of hydrogen-bond acceptors (Lipinski definition) is 5. The summed E-state index contributed by atoms with van der Waals surface area (Å²) in [7, 11) is 0. The smallest absolute Gasteiger partial charge is 0.225 e. The van der Waals surface area contributed by atoms with E-state index in [0.717, 1.165) is 51.1 Å². The summed E-state index contributed by atoms with van der Waals surface area (Å²) >= 11 is 0. The lowest BCUT2D eigenvalue weighted by Crippen LogP contribution is -2.52. The molecular weight excluding hydrogens is 472 g/mol. The second-order valence-electron chi connectivity index (χ2n) is 11.6. The van der Waals surface area contributed by atoms with E-state index < -0.39 is 0 Å². The summed E-state index contributed by atoms with van der Waals surface area (Å²) in [6.07, 6.45) is 7.99. The lowest BCUT2D eigenvalue weighted by atomic mass is 9.75. The summed E-state index contributed by atoms with van der Waals surface area (Å²) < 4.78 is 1.98. The highest BCUT2D eigenvalue weighted by Gasteiger charge is 2.37. The summed E-state index contributed by atoms with van der Waals surface area (Å²) in [5, 5.41) is 13.6. The Hall–Kier alpha value is -3.37. The van der Waals surface area contributed by atoms with Gasteiger partial charge in [0.15, 0.2) is 0 Å². The molecule has 0 radical (unpaired) electrons. The van der Waals surface area contributed by atoms with Gasteiger partial charge in [0.1, 0.15) is 0 Å². The van der Waals surface area contributed by atoms with Gasteiger partial charge in [-0.3, -0.25) is 4.79 Å². The van der Waals surface area contributed by atoms with Gasteiger partial charge in [-0.15, -0.1) is 0 Å². The number of carbonyl (C=O) groups excluding carboxylic acids is 1. The van der Waals surface area contributed by atoms with Crippen LogP contribution in [0.5, 0.6) is 0 Å². The summed E-state index contributed by atoms with van der Waals surface area (Å²) in [4.78, 5) is 19.8. The van der Waals surface area contributed by atoms with Crippen molar-refractivity contribution in [2.24, 2.45) is 11.8 Å². The number of carbonyl (C=O) groups is 1. The van der Waals surface area contributed by atoms with Crippen LogP contribution in [0.15, 0.2) is 48.8 Å². The van der Waals surface area contributed by atoms with E-state index in [-0.39, 0.29) is 17.7 Å². The van der Waals surface area contributed by atoms with E-state index in [1.54, 1.807) is 0 Å². The van der Waals surface area contributed by atoms with Crippen molar-refractivity contribution in [1.82, 2.24) is 19.4 Å². The Labute approximate surface area is 225 Å². The Morgan fingerprint density at radius 1 is 1.03 bits per heavy atom. The van der Waals surface area contributed by atoms with Crippen LogP contribution in [0, 0.1) is 23.2 Å². The van der Waals surface area contributed by atoms with Gasteiger partial charge in [0, 0.05) is 68.6 Å². The minimum absolute atomic E-state index is 0.0469. The number of piperazine rings is 1. The Morgan fingerprint density at radius 2 is 1.79 bits per heavy atom. The maximum atomic E-state index is 12.8. The summed E-state index contributed by atoms with van der Waals surface area (Å²) in [5.41, 5.74) is 6.10. The van der Waals surface area contributed by atoms with Gasteiger partial charge in [-0.1, -0.05) is 24.3 Å². The maximum absolute atomic E-state index is 12.8. The first-order valence-electron chi connectivity index (χ1n) is 14.3. The van der Waals surface area contributed by atoms with Crippen molar-refractivity contribution in [3.05, 3.63) is 54.4 Å². The molecule has 2 aromatic heterocycles. The zero-order chi connectivity index (χ0) is 26.2. The van der Waals surface area contributed by atoms with Crippen LogP contribution in [-0.2, 0) is 4.79 Å². The largest absolute Gasteiger partial charge is 0.366 e. The van der Waals surface area contributed by atoms with E-state index in [1.807, 2.05) is 15.6 Å². The SMILES string of the molecule is CC(C)N1CCC[C@@H](c2ccc(-c3cc4c(N5CCN(C(=O)[C@H]6C[C@H](C#N)C6)CC5)ccnn4c3)cc2)C1. The first-order chi connectivity index (χ1) is 18.5. The van der Waals surface area contributed by atoms with Crippen LogP contribution in [0.4, 0.5) is 5.69 Å². The third-order valence-electron chi connectivity index (χ3n) is 8.99. The molecule has 0 bridgehead atoms. The van der Waals surface area contributed by atoms with Gasteiger partial charge in [0.25, 0.3) is 0 Å². The van der Waals surface area contributed by atoms with Crippen molar-refractivity contribution in [3.63, 3.8) is 0 Å². The molecule has 3 fully saturated rings. The van der Waals surface area contributed by atoms with Gasteiger partial charge in [-0.2, -0.15) is 10.4 Å². The zero-order valence-electron chi connectivity index (χ0n) is 22.6. The molecule has 0 unspecified atom stereocenters. The fraction of sp³-hybridized carbons (Fsp3) is 0.516. The molecule has 7 heteroatoms. The van der Waals surface area contributed by atoms with Gasteiger partial charge >= 0.3 is 0 Å². The first kappa shape index (κ1) is 24.9. The molecule has 0 N–H and O–H groups in total. The number of anilines is 1. The third-order valence-corrected chi connectivity index (χ3v) is 8.99. The van der Waals surface area contributed by atoms with Crippen molar-refractivity contribution < 1.29 is 4.79 Å². The van der Waals surface area contributed by atoms with Crippen molar-refractivity contribution >= 4 is 17.1 Å². The molecule has 1 atom stereocenters. The predicted molar refractivity (Wildman–Crippen MR) is 150 cm³/mol. The molecule has 1 aliphatic carbocycles. The monoisotopic (exact) mass is 510 g/mol. The second-order valence-corrected chi connectivity index (χ2v) is 11.6. The topological polar surface area (TPSA) is 67.9 Å². The number of nitrogens with zero attached hydrogens (tertiary/aromatic N) is 6. The minimum atomic E-state index is 0.0469. The quantitative estimate of drug-likeness (QED) is 0.494. The summed E-state index contributed by atoms with van der Waals surface area (Å²) in [6.45, 7) is 10.0. The van der Waals surface area contributed by atoms with Gasteiger partial charge in [-0.25, -0.2) is 4.52 Å². The fourth-order valence-corrected chi connectivity index (χ4v) is 6.47. The highest BCUT2D eigenvalue weighted by Crippen LogP contribution is 2.35. The predicted octanol–water partition coefficient (Wildman–Crippen LogP) is 4.79. The lowest BCUT2D eigenvalue weighted by Gasteiger charge is -2.40. The van der Waals surface area contributed by atoms with Crippen LogP contribution >= 0.6 is 0 Å². The molecule has 3 aliphatic rings. The number of likely N-dealkylation sites (tertiary alicyclic amines) is 1. The molecule has 2 aliphatic heterocycles. The Morgan fingerprint density at radius 3 is 2.50 bits per heavy atom. The van der Waals surface area contributed by atoms with Crippen molar-refractivity contribution in [2.75, 3.05) is 44.2 Å². The normalized spacial score (nSPS) is 24.4.